The molecule has 1 fully saturated rings. The summed E-state index contributed by atoms with van der Waals surface area (Å²) < 4.78 is 1.92. The highest BCUT2D eigenvalue weighted by molar-refractivity contribution is 7.99. The first kappa shape index (κ1) is 17.0. The SMILES string of the molecule is CCn1cnnc1SCC(=O)Nc1ccc(C[NH+]2CCCC2)cc1. The topological polar surface area (TPSA) is 64.2 Å². The lowest BCUT2D eigenvalue weighted by Gasteiger charge is -2.12. The maximum atomic E-state index is 12.1. The van der Waals surface area contributed by atoms with Gasteiger partial charge in [0.25, 0.3) is 0 Å². The van der Waals surface area contributed by atoms with Crippen LogP contribution in [-0.2, 0) is 17.9 Å². The highest BCUT2D eigenvalue weighted by Crippen LogP contribution is 2.15. The zero-order valence-electron chi connectivity index (χ0n) is 14.0. The van der Waals surface area contributed by atoms with Gasteiger partial charge in [-0.25, -0.2) is 0 Å². The number of likely N-dealkylation sites (tertiary alicyclic amines) is 1. The van der Waals surface area contributed by atoms with Gasteiger partial charge < -0.3 is 14.8 Å². The lowest BCUT2D eigenvalue weighted by atomic mass is 10.2. The van der Waals surface area contributed by atoms with E-state index in [0.717, 1.165) is 23.9 Å². The molecule has 0 spiro atoms. The Bertz CT molecular complexity index is 664. The van der Waals surface area contributed by atoms with E-state index in [1.54, 1.807) is 11.2 Å². The van der Waals surface area contributed by atoms with Crippen LogP contribution in [0.3, 0.4) is 0 Å². The van der Waals surface area contributed by atoms with E-state index in [1.807, 2.05) is 23.6 Å². The summed E-state index contributed by atoms with van der Waals surface area (Å²) in [6, 6.07) is 8.20. The summed E-state index contributed by atoms with van der Waals surface area (Å²) in [5.41, 5.74) is 2.17. The van der Waals surface area contributed by atoms with Gasteiger partial charge in [-0.1, -0.05) is 23.9 Å². The van der Waals surface area contributed by atoms with Gasteiger partial charge in [0.2, 0.25) is 5.91 Å². The zero-order chi connectivity index (χ0) is 16.8. The van der Waals surface area contributed by atoms with Crippen LogP contribution in [0, 0.1) is 0 Å². The Morgan fingerprint density at radius 2 is 2.04 bits per heavy atom. The summed E-state index contributed by atoms with van der Waals surface area (Å²) in [5, 5.41) is 11.6. The predicted octanol–water partition coefficient (Wildman–Crippen LogP) is 1.21. The van der Waals surface area contributed by atoms with Gasteiger partial charge >= 0.3 is 0 Å². The van der Waals surface area contributed by atoms with Crippen LogP contribution in [-0.4, -0.2) is 39.5 Å². The van der Waals surface area contributed by atoms with Gasteiger partial charge in [-0.05, 0) is 19.1 Å². The van der Waals surface area contributed by atoms with Crippen molar-refractivity contribution in [2.24, 2.45) is 0 Å². The Kier molecular flexibility index (Phi) is 5.87. The number of benzene rings is 1. The second kappa shape index (κ2) is 8.30. The third-order valence-corrected chi connectivity index (χ3v) is 5.24. The number of nitrogens with one attached hydrogen (secondary N) is 2. The number of nitrogens with zero attached hydrogens (tertiary/aromatic N) is 3. The molecule has 1 aromatic carbocycles. The molecule has 0 saturated carbocycles. The van der Waals surface area contributed by atoms with Crippen molar-refractivity contribution in [2.75, 3.05) is 24.2 Å². The lowest BCUT2D eigenvalue weighted by molar-refractivity contribution is -0.901. The summed E-state index contributed by atoms with van der Waals surface area (Å²) in [5.74, 6) is 0.307. The van der Waals surface area contributed by atoms with E-state index in [1.165, 1.54) is 43.3 Å². The summed E-state index contributed by atoms with van der Waals surface area (Å²) in [4.78, 5) is 13.7. The molecule has 7 heteroatoms. The molecule has 1 aliphatic rings. The van der Waals surface area contributed by atoms with Gasteiger partial charge in [-0.3, -0.25) is 4.79 Å². The number of anilines is 1. The van der Waals surface area contributed by atoms with Gasteiger partial charge in [0.05, 0.1) is 18.8 Å². The smallest absolute Gasteiger partial charge is 0.234 e. The number of hydrogen-bond acceptors (Lipinski definition) is 4. The molecule has 0 bridgehead atoms. The normalized spacial score (nSPS) is 14.9. The molecular weight excluding hydrogens is 322 g/mol. The quantitative estimate of drug-likeness (QED) is 0.740. The van der Waals surface area contributed by atoms with Crippen LogP contribution in [0.2, 0.25) is 0 Å². The first-order valence-electron chi connectivity index (χ1n) is 8.47. The number of thioether (sulfide) groups is 1. The van der Waals surface area contributed by atoms with Gasteiger partial charge in [0.1, 0.15) is 12.9 Å². The fraction of sp³-hybridized carbons (Fsp3) is 0.471. The number of carbonyl (C=O) groups is 1. The minimum absolute atomic E-state index is 0.0245. The Hall–Kier alpha value is -1.86. The zero-order valence-corrected chi connectivity index (χ0v) is 14.8. The average Bonchev–Trinajstić information content (AvgIpc) is 3.26. The van der Waals surface area contributed by atoms with E-state index in [-0.39, 0.29) is 5.91 Å². The van der Waals surface area contributed by atoms with E-state index in [0.29, 0.717) is 5.75 Å². The number of carbonyl (C=O) groups excluding carboxylic acids is 1. The molecule has 1 aliphatic heterocycles. The second-order valence-electron chi connectivity index (χ2n) is 6.07. The average molecular weight is 346 g/mol. The summed E-state index contributed by atoms with van der Waals surface area (Å²) >= 11 is 1.40. The van der Waals surface area contributed by atoms with E-state index in [9.17, 15) is 4.79 Å². The predicted molar refractivity (Wildman–Crippen MR) is 95.1 cm³/mol. The van der Waals surface area contributed by atoms with Crippen molar-refractivity contribution in [3.8, 4) is 0 Å². The molecule has 0 unspecified atom stereocenters. The first-order chi connectivity index (χ1) is 11.7. The molecule has 3 rings (SSSR count). The van der Waals surface area contributed by atoms with E-state index >= 15 is 0 Å². The molecular formula is C17H24N5OS+. The van der Waals surface area contributed by atoms with Crippen molar-refractivity contribution in [3.05, 3.63) is 36.2 Å². The van der Waals surface area contributed by atoms with Crippen molar-refractivity contribution in [1.82, 2.24) is 14.8 Å². The molecule has 1 aromatic heterocycles. The van der Waals surface area contributed by atoms with Crippen LogP contribution in [0.15, 0.2) is 35.7 Å². The van der Waals surface area contributed by atoms with Gasteiger partial charge in [-0.2, -0.15) is 0 Å². The monoisotopic (exact) mass is 346 g/mol. The van der Waals surface area contributed by atoms with Gasteiger partial charge in [0, 0.05) is 30.6 Å². The minimum atomic E-state index is -0.0245. The van der Waals surface area contributed by atoms with Crippen LogP contribution < -0.4 is 10.2 Å². The Balaban J connectivity index is 1.47. The maximum Gasteiger partial charge on any atom is 0.234 e. The summed E-state index contributed by atoms with van der Waals surface area (Å²) in [6.45, 7) is 6.46. The van der Waals surface area contributed by atoms with Crippen molar-refractivity contribution >= 4 is 23.4 Å². The van der Waals surface area contributed by atoms with E-state index in [4.69, 9.17) is 0 Å². The van der Waals surface area contributed by atoms with Crippen molar-refractivity contribution in [2.45, 2.75) is 38.0 Å². The van der Waals surface area contributed by atoms with E-state index in [2.05, 4.69) is 27.6 Å². The summed E-state index contributed by atoms with van der Waals surface area (Å²) in [7, 11) is 0. The number of hydrogen-bond donors (Lipinski definition) is 2. The highest BCUT2D eigenvalue weighted by atomic mass is 32.2. The third kappa shape index (κ3) is 4.58. The standard InChI is InChI=1S/C17H23N5OS/c1-2-22-13-18-20-17(22)24-12-16(23)19-15-7-5-14(6-8-15)11-21-9-3-4-10-21/h5-8,13H,2-4,9-12H2,1H3,(H,19,23)/p+1. The van der Waals surface area contributed by atoms with Crippen LogP contribution in [0.4, 0.5) is 5.69 Å². The van der Waals surface area contributed by atoms with Crippen LogP contribution >= 0.6 is 11.8 Å². The van der Waals surface area contributed by atoms with Gasteiger partial charge in [0.15, 0.2) is 5.16 Å². The van der Waals surface area contributed by atoms with Crippen molar-refractivity contribution < 1.29 is 9.69 Å². The van der Waals surface area contributed by atoms with Crippen molar-refractivity contribution in [3.63, 3.8) is 0 Å². The largest absolute Gasteiger partial charge is 0.331 e. The van der Waals surface area contributed by atoms with Crippen LogP contribution in [0.1, 0.15) is 25.3 Å². The molecule has 0 atom stereocenters. The molecule has 6 nitrogen and oxygen atoms in total. The molecule has 2 heterocycles. The number of aryl methyl sites for hydroxylation is 1. The molecule has 1 saturated heterocycles. The first-order valence-corrected chi connectivity index (χ1v) is 9.46. The number of rotatable bonds is 7. The molecule has 1 amide bonds. The third-order valence-electron chi connectivity index (χ3n) is 4.26. The fourth-order valence-corrected chi connectivity index (χ4v) is 3.73. The number of aromatic nitrogens is 3. The Morgan fingerprint density at radius 3 is 2.75 bits per heavy atom. The Morgan fingerprint density at radius 1 is 1.29 bits per heavy atom. The minimum Gasteiger partial charge on any atom is -0.331 e. The highest BCUT2D eigenvalue weighted by Gasteiger charge is 2.15. The van der Waals surface area contributed by atoms with Crippen LogP contribution in [0.5, 0.6) is 0 Å². The van der Waals surface area contributed by atoms with Crippen LogP contribution in [0.25, 0.3) is 0 Å². The molecule has 2 N–H and O–H groups in total. The molecule has 2 aromatic rings. The number of amides is 1. The van der Waals surface area contributed by atoms with Gasteiger partial charge in [-0.15, -0.1) is 10.2 Å². The Labute approximate surface area is 146 Å². The lowest BCUT2D eigenvalue weighted by Crippen LogP contribution is -3.08. The summed E-state index contributed by atoms with van der Waals surface area (Å²) in [6.07, 6.45) is 4.36. The fourth-order valence-electron chi connectivity index (χ4n) is 2.95. The molecule has 0 radical (unpaired) electrons. The van der Waals surface area contributed by atoms with E-state index < -0.39 is 0 Å². The molecule has 128 valence electrons. The maximum absolute atomic E-state index is 12.1. The molecule has 24 heavy (non-hydrogen) atoms. The van der Waals surface area contributed by atoms with Crippen molar-refractivity contribution in [1.29, 1.82) is 0 Å². The second-order valence-corrected chi connectivity index (χ2v) is 7.01. The number of quaternary nitrogens is 1. The molecule has 0 aliphatic carbocycles.